The summed E-state index contributed by atoms with van der Waals surface area (Å²) in [4.78, 5) is 22.1. The van der Waals surface area contributed by atoms with Crippen LogP contribution in [0.15, 0.2) is 0 Å². The predicted octanol–water partition coefficient (Wildman–Crippen LogP) is -0.327. The van der Waals surface area contributed by atoms with E-state index in [0.717, 1.165) is 21.1 Å². The molecule has 1 atom stereocenters. The molecule has 1 unspecified atom stereocenters. The van der Waals surface area contributed by atoms with Crippen molar-refractivity contribution in [3.8, 4) is 0 Å². The number of likely N-dealkylation sites (N-methyl/N-ethyl adjacent to an activating group) is 1. The minimum Gasteiger partial charge on any atom is -0.480 e. The van der Waals surface area contributed by atoms with Crippen molar-refractivity contribution in [1.29, 1.82) is 0 Å². The fourth-order valence-electron chi connectivity index (χ4n) is 0.978. The third-order valence-electron chi connectivity index (χ3n) is 2.67. The maximum Gasteiger partial charge on any atom is 0.325 e. The van der Waals surface area contributed by atoms with Crippen molar-refractivity contribution in [2.24, 2.45) is 0 Å². The van der Waals surface area contributed by atoms with Crippen molar-refractivity contribution >= 4 is 22.0 Å². The van der Waals surface area contributed by atoms with Gasteiger partial charge in [0.1, 0.15) is 5.54 Å². The number of ether oxygens (including phenoxy) is 1. The van der Waals surface area contributed by atoms with Crippen molar-refractivity contribution in [2.75, 3.05) is 14.2 Å². The maximum atomic E-state index is 11.9. The number of aliphatic carboxylic acids is 1. The van der Waals surface area contributed by atoms with Crippen molar-refractivity contribution in [3.63, 3.8) is 0 Å². The van der Waals surface area contributed by atoms with Crippen molar-refractivity contribution in [1.82, 2.24) is 4.31 Å². The Bertz CT molecular complexity index is 413. The van der Waals surface area contributed by atoms with E-state index in [1.807, 2.05) is 0 Å². The van der Waals surface area contributed by atoms with E-state index in [0.29, 0.717) is 4.31 Å². The fourth-order valence-corrected chi connectivity index (χ4v) is 2.51. The van der Waals surface area contributed by atoms with Gasteiger partial charge in [0.2, 0.25) is 10.0 Å². The van der Waals surface area contributed by atoms with Crippen LogP contribution in [-0.4, -0.2) is 54.7 Å². The Balaban J connectivity index is 5.36. The highest BCUT2D eigenvalue weighted by atomic mass is 32.2. The van der Waals surface area contributed by atoms with Gasteiger partial charge >= 0.3 is 11.9 Å². The van der Waals surface area contributed by atoms with Crippen LogP contribution in [0.4, 0.5) is 0 Å². The normalized spacial score (nSPS) is 14.5. The lowest BCUT2D eigenvalue weighted by molar-refractivity contribution is -0.146. The van der Waals surface area contributed by atoms with Crippen LogP contribution in [0.3, 0.4) is 0 Å². The third kappa shape index (κ3) is 2.95. The number of sulfonamides is 1. The van der Waals surface area contributed by atoms with Gasteiger partial charge in [0.15, 0.2) is 5.25 Å². The Morgan fingerprint density at radius 1 is 1.35 bits per heavy atom. The molecule has 0 fully saturated rings. The molecule has 100 valence electrons. The zero-order valence-corrected chi connectivity index (χ0v) is 11.2. The van der Waals surface area contributed by atoms with Crippen molar-refractivity contribution in [3.05, 3.63) is 0 Å². The van der Waals surface area contributed by atoms with Gasteiger partial charge in [-0.25, -0.2) is 8.42 Å². The van der Waals surface area contributed by atoms with E-state index in [9.17, 15) is 18.0 Å². The Morgan fingerprint density at radius 2 is 1.76 bits per heavy atom. The molecule has 1 N–H and O–H groups in total. The molecule has 0 bridgehead atoms. The number of esters is 1. The van der Waals surface area contributed by atoms with Crippen molar-refractivity contribution in [2.45, 2.75) is 31.6 Å². The molecule has 0 aliphatic rings. The van der Waals surface area contributed by atoms with Crippen LogP contribution in [-0.2, 0) is 24.3 Å². The standard InChI is InChI=1S/C9H17NO6S/c1-6(7(11)16-5)17(14,15)10(4)9(2,3)8(12)13/h6H,1-5H3,(H,12,13). The van der Waals surface area contributed by atoms with Crippen LogP contribution in [0.1, 0.15) is 20.8 Å². The first kappa shape index (κ1) is 15.9. The summed E-state index contributed by atoms with van der Waals surface area (Å²) in [5.74, 6) is -2.24. The summed E-state index contributed by atoms with van der Waals surface area (Å²) in [6.07, 6.45) is 0. The molecule has 0 spiro atoms. The Labute approximate surface area is 100 Å². The van der Waals surface area contributed by atoms with Gasteiger partial charge in [-0.2, -0.15) is 4.31 Å². The highest BCUT2D eigenvalue weighted by molar-refractivity contribution is 7.90. The molecule has 0 aliphatic heterocycles. The first-order valence-electron chi connectivity index (χ1n) is 4.78. The highest BCUT2D eigenvalue weighted by Crippen LogP contribution is 2.20. The summed E-state index contributed by atoms with van der Waals surface area (Å²) >= 11 is 0. The summed E-state index contributed by atoms with van der Waals surface area (Å²) in [5, 5.41) is 7.48. The van der Waals surface area contributed by atoms with Gasteiger partial charge in [-0.1, -0.05) is 0 Å². The molecule has 0 aromatic rings. The average Bonchev–Trinajstić information content (AvgIpc) is 2.25. The Hall–Kier alpha value is -1.15. The molecule has 0 aromatic carbocycles. The van der Waals surface area contributed by atoms with Gasteiger partial charge in [0, 0.05) is 7.05 Å². The van der Waals surface area contributed by atoms with Gasteiger partial charge in [-0.05, 0) is 20.8 Å². The van der Waals surface area contributed by atoms with Crippen LogP contribution < -0.4 is 0 Å². The second kappa shape index (κ2) is 5.01. The number of hydrogen-bond donors (Lipinski definition) is 1. The van der Waals surface area contributed by atoms with E-state index >= 15 is 0 Å². The molecule has 7 nitrogen and oxygen atoms in total. The quantitative estimate of drug-likeness (QED) is 0.685. The minimum absolute atomic E-state index is 0.657. The van der Waals surface area contributed by atoms with E-state index in [2.05, 4.69) is 4.74 Å². The zero-order chi connectivity index (χ0) is 14.0. The SMILES string of the molecule is COC(=O)C(C)S(=O)(=O)N(C)C(C)(C)C(=O)O. The van der Waals surface area contributed by atoms with Crippen LogP contribution in [0.2, 0.25) is 0 Å². The van der Waals surface area contributed by atoms with Gasteiger partial charge < -0.3 is 9.84 Å². The van der Waals surface area contributed by atoms with Crippen LogP contribution in [0.25, 0.3) is 0 Å². The number of methoxy groups -OCH3 is 1. The first-order chi connectivity index (χ1) is 7.49. The summed E-state index contributed by atoms with van der Waals surface area (Å²) < 4.78 is 28.9. The maximum absolute atomic E-state index is 11.9. The van der Waals surface area contributed by atoms with Gasteiger partial charge in [-0.15, -0.1) is 0 Å². The van der Waals surface area contributed by atoms with Crippen LogP contribution in [0.5, 0.6) is 0 Å². The van der Waals surface area contributed by atoms with Gasteiger partial charge in [-0.3, -0.25) is 9.59 Å². The predicted molar refractivity (Wildman–Crippen MR) is 59.9 cm³/mol. The van der Waals surface area contributed by atoms with Gasteiger partial charge in [0.25, 0.3) is 0 Å². The lowest BCUT2D eigenvalue weighted by Crippen LogP contribution is -2.54. The molecular weight excluding hydrogens is 250 g/mol. The highest BCUT2D eigenvalue weighted by Gasteiger charge is 2.43. The van der Waals surface area contributed by atoms with E-state index in [-0.39, 0.29) is 0 Å². The van der Waals surface area contributed by atoms with Crippen molar-refractivity contribution < 1.29 is 27.9 Å². The van der Waals surface area contributed by atoms with E-state index in [4.69, 9.17) is 5.11 Å². The molecule has 0 aliphatic carbocycles. The molecule has 0 heterocycles. The molecule has 8 heteroatoms. The second-order valence-electron chi connectivity index (χ2n) is 4.04. The third-order valence-corrected chi connectivity index (χ3v) is 4.98. The molecule has 17 heavy (non-hydrogen) atoms. The average molecular weight is 267 g/mol. The monoisotopic (exact) mass is 267 g/mol. The van der Waals surface area contributed by atoms with E-state index in [1.54, 1.807) is 0 Å². The Kier molecular flexibility index (Phi) is 4.67. The lowest BCUT2D eigenvalue weighted by atomic mass is 10.1. The first-order valence-corrected chi connectivity index (χ1v) is 6.29. The summed E-state index contributed by atoms with van der Waals surface area (Å²) in [5.41, 5.74) is -1.64. The number of carbonyl (C=O) groups excluding carboxylic acids is 1. The molecule has 0 radical (unpaired) electrons. The van der Waals surface area contributed by atoms with Gasteiger partial charge in [0.05, 0.1) is 7.11 Å². The molecule has 0 rings (SSSR count). The zero-order valence-electron chi connectivity index (χ0n) is 10.4. The van der Waals surface area contributed by atoms with E-state index < -0.39 is 32.8 Å². The number of carbonyl (C=O) groups is 2. The molecule has 0 aromatic heterocycles. The number of carboxylic acid groups (broad SMARTS) is 1. The molecule has 0 saturated carbocycles. The van der Waals surface area contributed by atoms with Crippen LogP contribution in [0, 0.1) is 0 Å². The molecule has 0 amide bonds. The smallest absolute Gasteiger partial charge is 0.325 e. The fraction of sp³-hybridized carbons (Fsp3) is 0.778. The Morgan fingerprint density at radius 3 is 2.06 bits per heavy atom. The number of nitrogens with zero attached hydrogens (tertiary/aromatic N) is 1. The largest absolute Gasteiger partial charge is 0.480 e. The molecular formula is C9H17NO6S. The topological polar surface area (TPSA) is 101 Å². The molecule has 0 saturated heterocycles. The van der Waals surface area contributed by atoms with E-state index in [1.165, 1.54) is 13.8 Å². The number of hydrogen-bond acceptors (Lipinski definition) is 5. The lowest BCUT2D eigenvalue weighted by Gasteiger charge is -2.31. The minimum atomic E-state index is -4.08. The summed E-state index contributed by atoms with van der Waals surface area (Å²) in [6.45, 7) is 3.61. The number of carboxylic acids is 1. The van der Waals surface area contributed by atoms with Crippen LogP contribution >= 0.6 is 0 Å². The second-order valence-corrected chi connectivity index (χ2v) is 6.33. The number of rotatable bonds is 5. The summed E-state index contributed by atoms with van der Waals surface area (Å²) in [6, 6.07) is 0. The summed E-state index contributed by atoms with van der Waals surface area (Å²) in [7, 11) is -1.89.